The molecule has 2 saturated heterocycles. The summed E-state index contributed by atoms with van der Waals surface area (Å²) in [4.78, 5) is 14.6. The molecule has 5 atom stereocenters. The zero-order valence-corrected chi connectivity index (χ0v) is 12.6. The minimum Gasteiger partial charge on any atom is -0.467 e. The first-order valence-electron chi connectivity index (χ1n) is 7.32. The Bertz CT molecular complexity index is 604. The molecule has 0 radical (unpaired) electrons. The summed E-state index contributed by atoms with van der Waals surface area (Å²) in [5.41, 5.74) is 9.66. The average Bonchev–Trinajstić information content (AvgIpc) is 2.61. The predicted molar refractivity (Wildman–Crippen MR) is 78.2 cm³/mol. The molecule has 2 heterocycles. The van der Waals surface area contributed by atoms with E-state index in [9.17, 15) is 4.79 Å². The number of methoxy groups -OCH3 is 1. The molecule has 23 heavy (non-hydrogen) atoms. The van der Waals surface area contributed by atoms with E-state index in [0.717, 1.165) is 5.56 Å². The molecule has 122 valence electrons. The molecule has 0 saturated carbocycles. The smallest absolute Gasteiger partial charge is 0.335 e. The van der Waals surface area contributed by atoms with Gasteiger partial charge in [0, 0.05) is 10.5 Å². The van der Waals surface area contributed by atoms with Crippen molar-refractivity contribution in [2.45, 2.75) is 37.1 Å². The minimum absolute atomic E-state index is 0.222. The van der Waals surface area contributed by atoms with Gasteiger partial charge in [-0.05, 0) is 12.0 Å². The van der Waals surface area contributed by atoms with Gasteiger partial charge in [-0.2, -0.15) is 0 Å². The second-order valence-corrected chi connectivity index (χ2v) is 5.37. The van der Waals surface area contributed by atoms with Gasteiger partial charge >= 0.3 is 5.97 Å². The van der Waals surface area contributed by atoms with Crippen molar-refractivity contribution in [3.8, 4) is 0 Å². The Balaban J connectivity index is 1.78. The number of azide groups is 1. The lowest BCUT2D eigenvalue weighted by molar-refractivity contribution is -0.291. The molecule has 8 nitrogen and oxygen atoms in total. The van der Waals surface area contributed by atoms with E-state index in [1.54, 1.807) is 0 Å². The standard InChI is InChI=1S/C15H17N3O5/c1-20-14(19)11-7-10(17-18-16)13-12(22-11)8-21-15(23-13)9-5-3-2-4-6-9/h2-6,10-13,15H,7-8H2,1H3/t10?,11-,12-,13-,15?/m1/s1. The second-order valence-electron chi connectivity index (χ2n) is 5.37. The van der Waals surface area contributed by atoms with Crippen molar-refractivity contribution in [1.29, 1.82) is 0 Å². The third-order valence-electron chi connectivity index (χ3n) is 3.97. The van der Waals surface area contributed by atoms with Crippen molar-refractivity contribution in [3.63, 3.8) is 0 Å². The van der Waals surface area contributed by atoms with E-state index in [-0.39, 0.29) is 13.0 Å². The summed E-state index contributed by atoms with van der Waals surface area (Å²) in [6.45, 7) is 0.245. The van der Waals surface area contributed by atoms with E-state index in [0.29, 0.717) is 0 Å². The molecule has 2 aliphatic rings. The van der Waals surface area contributed by atoms with Crippen LogP contribution in [0.15, 0.2) is 35.4 Å². The van der Waals surface area contributed by atoms with Gasteiger partial charge in [0.2, 0.25) is 0 Å². The Hall–Kier alpha value is -2.12. The fourth-order valence-electron chi connectivity index (χ4n) is 2.87. The highest BCUT2D eigenvalue weighted by atomic mass is 16.7. The molecule has 3 rings (SSSR count). The molecule has 0 amide bonds. The summed E-state index contributed by atoms with van der Waals surface area (Å²) < 4.78 is 22.0. The molecular formula is C15H17N3O5. The number of fused-ring (bicyclic) bond motifs is 1. The highest BCUT2D eigenvalue weighted by molar-refractivity contribution is 5.74. The van der Waals surface area contributed by atoms with Crippen LogP contribution >= 0.6 is 0 Å². The minimum atomic E-state index is -0.780. The first-order chi connectivity index (χ1) is 11.2. The highest BCUT2D eigenvalue weighted by Gasteiger charge is 2.46. The Morgan fingerprint density at radius 1 is 1.35 bits per heavy atom. The number of rotatable bonds is 3. The number of carbonyl (C=O) groups is 1. The molecule has 2 unspecified atom stereocenters. The van der Waals surface area contributed by atoms with E-state index in [2.05, 4.69) is 10.0 Å². The van der Waals surface area contributed by atoms with Crippen LogP contribution in [0.25, 0.3) is 10.4 Å². The Morgan fingerprint density at radius 3 is 2.83 bits per heavy atom. The monoisotopic (exact) mass is 319 g/mol. The van der Waals surface area contributed by atoms with E-state index >= 15 is 0 Å². The van der Waals surface area contributed by atoms with E-state index in [1.807, 2.05) is 30.3 Å². The van der Waals surface area contributed by atoms with Crippen LogP contribution in [0.4, 0.5) is 0 Å². The number of nitrogens with zero attached hydrogens (tertiary/aromatic N) is 3. The van der Waals surface area contributed by atoms with Crippen LogP contribution < -0.4 is 0 Å². The number of hydrogen-bond donors (Lipinski definition) is 0. The summed E-state index contributed by atoms with van der Waals surface area (Å²) in [7, 11) is 1.29. The highest BCUT2D eigenvalue weighted by Crippen LogP contribution is 2.35. The van der Waals surface area contributed by atoms with Crippen LogP contribution in [-0.2, 0) is 23.7 Å². The molecule has 1 aromatic rings. The first kappa shape index (κ1) is 15.8. The molecule has 0 bridgehead atoms. The summed E-state index contributed by atoms with van der Waals surface area (Å²) in [5.74, 6) is -0.494. The normalized spacial score (nSPS) is 33.2. The third-order valence-corrected chi connectivity index (χ3v) is 3.97. The van der Waals surface area contributed by atoms with Crippen LogP contribution in [0.5, 0.6) is 0 Å². The maximum atomic E-state index is 11.7. The molecule has 1 aromatic carbocycles. The maximum Gasteiger partial charge on any atom is 0.335 e. The van der Waals surface area contributed by atoms with Crippen molar-refractivity contribution in [2.24, 2.45) is 5.11 Å². The molecule has 2 fully saturated rings. The van der Waals surface area contributed by atoms with Gasteiger partial charge < -0.3 is 18.9 Å². The quantitative estimate of drug-likeness (QED) is 0.367. The maximum absolute atomic E-state index is 11.7. The topological polar surface area (TPSA) is 103 Å². The lowest BCUT2D eigenvalue weighted by Crippen LogP contribution is -2.55. The van der Waals surface area contributed by atoms with Crippen LogP contribution in [0, 0.1) is 0 Å². The van der Waals surface area contributed by atoms with Gasteiger partial charge in [0.15, 0.2) is 12.4 Å². The van der Waals surface area contributed by atoms with Gasteiger partial charge in [0.05, 0.1) is 25.9 Å². The van der Waals surface area contributed by atoms with Gasteiger partial charge in [0.1, 0.15) is 6.10 Å². The molecule has 8 heteroatoms. The molecule has 0 aromatic heterocycles. The first-order valence-corrected chi connectivity index (χ1v) is 7.32. The number of esters is 1. The summed E-state index contributed by atoms with van der Waals surface area (Å²) in [6, 6.07) is 8.97. The van der Waals surface area contributed by atoms with Crippen LogP contribution in [0.3, 0.4) is 0 Å². The Labute approximate surface area is 132 Å². The van der Waals surface area contributed by atoms with Crippen molar-refractivity contribution in [2.75, 3.05) is 13.7 Å². The van der Waals surface area contributed by atoms with Crippen molar-refractivity contribution >= 4 is 5.97 Å². The SMILES string of the molecule is COC(=O)[C@H]1CC(N=[N+]=[N-])[C@H]2OC(c3ccccc3)OC[C@H]2O1. The fraction of sp³-hybridized carbons (Fsp3) is 0.533. The number of hydrogen-bond acceptors (Lipinski definition) is 6. The van der Waals surface area contributed by atoms with Crippen LogP contribution in [0.2, 0.25) is 0 Å². The molecular weight excluding hydrogens is 302 g/mol. The van der Waals surface area contributed by atoms with Gasteiger partial charge in [-0.15, -0.1) is 0 Å². The zero-order valence-electron chi connectivity index (χ0n) is 12.6. The van der Waals surface area contributed by atoms with Crippen molar-refractivity contribution < 1.29 is 23.7 Å². The molecule has 2 aliphatic heterocycles. The zero-order chi connectivity index (χ0) is 16.2. The van der Waals surface area contributed by atoms with Crippen molar-refractivity contribution in [1.82, 2.24) is 0 Å². The lowest BCUT2D eigenvalue weighted by atomic mass is 9.95. The Morgan fingerprint density at radius 2 is 2.13 bits per heavy atom. The van der Waals surface area contributed by atoms with E-state index in [4.69, 9.17) is 24.5 Å². The van der Waals surface area contributed by atoms with E-state index < -0.39 is 36.6 Å². The summed E-state index contributed by atoms with van der Waals surface area (Å²) in [5, 5.41) is 3.78. The number of benzene rings is 1. The molecule has 0 spiro atoms. The van der Waals surface area contributed by atoms with E-state index in [1.165, 1.54) is 7.11 Å². The van der Waals surface area contributed by atoms with Crippen LogP contribution in [-0.4, -0.2) is 44.0 Å². The summed E-state index contributed by atoms with van der Waals surface area (Å²) >= 11 is 0. The van der Waals surface area contributed by atoms with Crippen LogP contribution in [0.1, 0.15) is 18.3 Å². The van der Waals surface area contributed by atoms with Gasteiger partial charge in [-0.25, -0.2) is 4.79 Å². The predicted octanol–water partition coefficient (Wildman–Crippen LogP) is 2.11. The molecule has 0 aliphatic carbocycles. The number of carbonyl (C=O) groups excluding carboxylic acids is 1. The average molecular weight is 319 g/mol. The second kappa shape index (κ2) is 6.97. The van der Waals surface area contributed by atoms with Crippen molar-refractivity contribution in [3.05, 3.63) is 46.3 Å². The number of ether oxygens (including phenoxy) is 4. The lowest BCUT2D eigenvalue weighted by Gasteiger charge is -2.44. The molecule has 0 N–H and O–H groups in total. The van der Waals surface area contributed by atoms with Gasteiger partial charge in [0.25, 0.3) is 0 Å². The van der Waals surface area contributed by atoms with Gasteiger partial charge in [-0.1, -0.05) is 35.4 Å². The van der Waals surface area contributed by atoms with Gasteiger partial charge in [-0.3, -0.25) is 0 Å². The fourth-order valence-corrected chi connectivity index (χ4v) is 2.87. The largest absolute Gasteiger partial charge is 0.467 e. The Kier molecular flexibility index (Phi) is 4.78. The third kappa shape index (κ3) is 3.30. The summed E-state index contributed by atoms with van der Waals surface area (Å²) in [6.07, 6.45) is -2.06.